The summed E-state index contributed by atoms with van der Waals surface area (Å²) in [6, 6.07) is 83.4. The first-order valence-corrected chi connectivity index (χ1v) is 21.9. The molecule has 0 bridgehead atoms. The summed E-state index contributed by atoms with van der Waals surface area (Å²) in [6.07, 6.45) is 0. The highest BCUT2D eigenvalue weighted by molar-refractivity contribution is 5.78. The highest BCUT2D eigenvalue weighted by Crippen LogP contribution is 2.33. The highest BCUT2D eigenvalue weighted by atomic mass is 15.0. The average Bonchev–Trinajstić information content (AvgIpc) is 3.42. The zero-order valence-electron chi connectivity index (χ0n) is 35.8. The lowest BCUT2D eigenvalue weighted by molar-refractivity contribution is 1.07. The van der Waals surface area contributed by atoms with E-state index in [2.05, 4.69) is 121 Å². The van der Waals surface area contributed by atoms with E-state index in [9.17, 15) is 0 Å². The second-order valence-corrected chi connectivity index (χ2v) is 16.0. The fraction of sp³-hybridized carbons (Fsp3) is 0. The van der Waals surface area contributed by atoms with Gasteiger partial charge in [0.15, 0.2) is 34.9 Å². The highest BCUT2D eigenvalue weighted by Gasteiger charge is 2.15. The van der Waals surface area contributed by atoms with Crippen LogP contribution in [0.15, 0.2) is 243 Å². The third kappa shape index (κ3) is 8.54. The van der Waals surface area contributed by atoms with Gasteiger partial charge in [-0.05, 0) is 50.6 Å². The number of hydrogen-bond acceptors (Lipinski definition) is 6. The molecule has 11 rings (SSSR count). The fourth-order valence-corrected chi connectivity index (χ4v) is 8.09. The van der Waals surface area contributed by atoms with Gasteiger partial charge in [0.05, 0.1) is 0 Å². The van der Waals surface area contributed by atoms with Crippen molar-refractivity contribution in [2.75, 3.05) is 0 Å². The van der Waals surface area contributed by atoms with Gasteiger partial charge in [0.25, 0.3) is 0 Å². The Balaban J connectivity index is 0.797. The van der Waals surface area contributed by atoms with E-state index in [1.807, 2.05) is 121 Å². The first-order valence-electron chi connectivity index (χ1n) is 21.9. The van der Waals surface area contributed by atoms with Gasteiger partial charge in [0.2, 0.25) is 0 Å². The molecule has 0 radical (unpaired) electrons. The smallest absolute Gasteiger partial charge is 0.164 e. The Morgan fingerprint density at radius 3 is 0.530 bits per heavy atom. The molecule has 0 fully saturated rings. The van der Waals surface area contributed by atoms with E-state index < -0.39 is 0 Å². The Labute approximate surface area is 383 Å². The maximum absolute atomic E-state index is 4.90. The minimum absolute atomic E-state index is 0.640. The molecule has 6 heteroatoms. The van der Waals surface area contributed by atoms with E-state index in [-0.39, 0.29) is 0 Å². The lowest BCUT2D eigenvalue weighted by atomic mass is 9.95. The molecular formula is C60H40N6. The average molecular weight is 845 g/mol. The van der Waals surface area contributed by atoms with Crippen molar-refractivity contribution in [1.82, 2.24) is 29.9 Å². The molecule has 0 amide bonds. The van der Waals surface area contributed by atoms with Gasteiger partial charge in [-0.25, -0.2) is 29.9 Å². The van der Waals surface area contributed by atoms with Crippen molar-refractivity contribution in [3.63, 3.8) is 0 Å². The number of aromatic nitrogens is 6. The molecule has 2 aromatic heterocycles. The van der Waals surface area contributed by atoms with Gasteiger partial charge in [-0.1, -0.05) is 237 Å². The quantitative estimate of drug-likeness (QED) is 0.136. The van der Waals surface area contributed by atoms with Crippen molar-refractivity contribution in [2.24, 2.45) is 0 Å². The van der Waals surface area contributed by atoms with Gasteiger partial charge < -0.3 is 0 Å². The number of nitrogens with zero attached hydrogens (tertiary/aromatic N) is 6. The largest absolute Gasteiger partial charge is 0.208 e. The molecule has 2 heterocycles. The van der Waals surface area contributed by atoms with Gasteiger partial charge in [0.1, 0.15) is 0 Å². The topological polar surface area (TPSA) is 77.3 Å². The van der Waals surface area contributed by atoms with Gasteiger partial charge >= 0.3 is 0 Å². The van der Waals surface area contributed by atoms with Gasteiger partial charge in [-0.15, -0.1) is 0 Å². The van der Waals surface area contributed by atoms with Crippen LogP contribution < -0.4 is 0 Å². The minimum Gasteiger partial charge on any atom is -0.208 e. The molecule has 0 aliphatic heterocycles. The summed E-state index contributed by atoms with van der Waals surface area (Å²) in [5.41, 5.74) is 14.8. The Morgan fingerprint density at radius 1 is 0.136 bits per heavy atom. The zero-order chi connectivity index (χ0) is 44.1. The fourth-order valence-electron chi connectivity index (χ4n) is 8.09. The monoisotopic (exact) mass is 844 g/mol. The van der Waals surface area contributed by atoms with E-state index in [0.29, 0.717) is 34.9 Å². The van der Waals surface area contributed by atoms with Gasteiger partial charge in [-0.2, -0.15) is 0 Å². The van der Waals surface area contributed by atoms with Crippen molar-refractivity contribution in [3.8, 4) is 113 Å². The maximum atomic E-state index is 4.90. The van der Waals surface area contributed by atoms with Gasteiger partial charge in [-0.3, -0.25) is 0 Å². The van der Waals surface area contributed by atoms with E-state index in [1.54, 1.807) is 0 Å². The molecule has 0 unspecified atom stereocenters. The predicted octanol–water partition coefficient (Wildman–Crippen LogP) is 14.7. The SMILES string of the molecule is c1ccc(-c2nc(-c3ccccc3)nc(-c3ccc(-c4ccc(-c5cccc(-c6ccc(-c7ccc(-c8nc(-c9ccccc9)nc(-c9ccccc9)n8)cc7)cc6)c5)cc4)cc3)n2)cc1. The Morgan fingerprint density at radius 2 is 0.303 bits per heavy atom. The molecule has 0 saturated carbocycles. The van der Waals surface area contributed by atoms with Crippen LogP contribution in [0.3, 0.4) is 0 Å². The third-order valence-electron chi connectivity index (χ3n) is 11.7. The van der Waals surface area contributed by atoms with E-state index in [1.165, 1.54) is 0 Å². The number of hydrogen-bond donors (Lipinski definition) is 0. The summed E-state index contributed by atoms with van der Waals surface area (Å²) in [6.45, 7) is 0. The Kier molecular flexibility index (Phi) is 10.9. The zero-order valence-corrected chi connectivity index (χ0v) is 35.8. The number of benzene rings is 9. The summed E-state index contributed by atoms with van der Waals surface area (Å²) in [5, 5.41) is 0. The van der Waals surface area contributed by atoms with Crippen molar-refractivity contribution >= 4 is 0 Å². The standard InChI is InChI=1S/C60H40N6/c1-5-14-47(15-6-1)55-61-56(48-16-7-2-8-17-48)64-59(63-55)51-36-32-43(33-37-51)41-24-28-45(29-25-41)53-22-13-23-54(40-53)46-30-26-42(27-31-46)44-34-38-52(39-35-44)60-65-57(49-18-9-3-10-19-49)62-58(66-60)50-20-11-4-12-21-50/h1-40H. The van der Waals surface area contributed by atoms with Crippen LogP contribution in [0, 0.1) is 0 Å². The van der Waals surface area contributed by atoms with Crippen molar-refractivity contribution in [3.05, 3.63) is 243 Å². The molecule has 0 aliphatic rings. The molecule has 0 N–H and O–H groups in total. The van der Waals surface area contributed by atoms with Crippen LogP contribution in [0.2, 0.25) is 0 Å². The van der Waals surface area contributed by atoms with Crippen LogP contribution in [-0.2, 0) is 0 Å². The minimum atomic E-state index is 0.640. The molecule has 9 aromatic carbocycles. The second-order valence-electron chi connectivity index (χ2n) is 16.0. The molecular weight excluding hydrogens is 805 g/mol. The summed E-state index contributed by atoms with van der Waals surface area (Å²) >= 11 is 0. The summed E-state index contributed by atoms with van der Waals surface area (Å²) < 4.78 is 0. The van der Waals surface area contributed by atoms with Crippen LogP contribution in [-0.4, -0.2) is 29.9 Å². The van der Waals surface area contributed by atoms with Gasteiger partial charge in [0, 0.05) is 33.4 Å². The molecule has 6 nitrogen and oxygen atoms in total. The van der Waals surface area contributed by atoms with Crippen LogP contribution in [0.25, 0.3) is 113 Å². The normalized spacial score (nSPS) is 11.0. The molecule has 0 aliphatic carbocycles. The predicted molar refractivity (Wildman–Crippen MR) is 268 cm³/mol. The molecule has 0 saturated heterocycles. The molecule has 310 valence electrons. The van der Waals surface area contributed by atoms with E-state index >= 15 is 0 Å². The number of rotatable bonds is 10. The van der Waals surface area contributed by atoms with Crippen LogP contribution >= 0.6 is 0 Å². The van der Waals surface area contributed by atoms with E-state index in [0.717, 1.165) is 77.9 Å². The molecule has 0 atom stereocenters. The lowest BCUT2D eigenvalue weighted by Gasteiger charge is -2.10. The molecule has 11 aromatic rings. The Hall–Kier alpha value is -9.00. The summed E-state index contributed by atoms with van der Waals surface area (Å²) in [5.74, 6) is 3.88. The summed E-state index contributed by atoms with van der Waals surface area (Å²) in [7, 11) is 0. The third-order valence-corrected chi connectivity index (χ3v) is 11.7. The van der Waals surface area contributed by atoms with Crippen LogP contribution in [0.5, 0.6) is 0 Å². The lowest BCUT2D eigenvalue weighted by Crippen LogP contribution is -2.00. The first kappa shape index (κ1) is 39.8. The second kappa shape index (κ2) is 18.0. The Bertz CT molecular complexity index is 3050. The summed E-state index contributed by atoms with van der Waals surface area (Å²) in [4.78, 5) is 29.3. The van der Waals surface area contributed by atoms with Crippen LogP contribution in [0.1, 0.15) is 0 Å². The maximum Gasteiger partial charge on any atom is 0.164 e. The van der Waals surface area contributed by atoms with Crippen molar-refractivity contribution in [2.45, 2.75) is 0 Å². The molecule has 66 heavy (non-hydrogen) atoms. The van der Waals surface area contributed by atoms with Crippen molar-refractivity contribution in [1.29, 1.82) is 0 Å². The van der Waals surface area contributed by atoms with Crippen LogP contribution in [0.4, 0.5) is 0 Å². The first-order chi connectivity index (χ1) is 32.7. The van der Waals surface area contributed by atoms with Crippen molar-refractivity contribution < 1.29 is 0 Å². The van der Waals surface area contributed by atoms with E-state index in [4.69, 9.17) is 29.9 Å². The molecule has 0 spiro atoms.